The number of unbranched alkanes of at least 4 members (excludes halogenated alkanes) is 1. The van der Waals surface area contributed by atoms with E-state index in [4.69, 9.17) is 41.9 Å². The molecular weight excluding hydrogens is 1180 g/mol. The van der Waals surface area contributed by atoms with Gasteiger partial charge in [0.25, 0.3) is 0 Å². The Balaban J connectivity index is 1.92. The van der Waals surface area contributed by atoms with Crippen LogP contribution in [0.5, 0.6) is 0 Å². The van der Waals surface area contributed by atoms with Crippen LogP contribution in [0.15, 0.2) is 35.3 Å². The number of carboxylic acids is 1. The van der Waals surface area contributed by atoms with E-state index in [0.29, 0.717) is 31.4 Å². The largest absolute Gasteiger partial charge is 0.481 e. The van der Waals surface area contributed by atoms with Crippen molar-refractivity contribution in [1.82, 2.24) is 47.9 Å². The standard InChI is InChI=1S/C51H80N14O17S3/c52-13-5-4-11-34-46(74)64-38-28-84-85-29-39(65-48(76)36(23-43(70)71)60-41(68)24-58-44(72)33(61-49(38)77)12-6-14-57-51(54)55)50(78)62-35(22-31-8-2-1-3-9-31)47(75)63-37(27-83-30-42(69)59-34)45(73)56-15-17-80-19-21-81-20-18-79-16-7-10-32(66)25-82-26-40(53)67/h1-3,8-9,33-39H,4-7,10-30,52H2,(H2,53,67)(H,56,73)(H,58,72)(H,59,69)(H,60,68)(H,61,77)(H,62,78)(H,63,75)(H,64,74)(H,65,76)(H,70,71)(H4,54,55,57)/t33-,34-,35-,36-,37-,38-,39-/m0/s1. The second-order valence-electron chi connectivity index (χ2n) is 19.1. The summed E-state index contributed by atoms with van der Waals surface area (Å²) in [6.45, 7) is -0.00944. The summed E-state index contributed by atoms with van der Waals surface area (Å²) < 4.78 is 21.5. The Morgan fingerprint density at radius 2 is 1.20 bits per heavy atom. The number of rotatable bonds is 30. The molecule has 18 N–H and O–H groups in total. The number of hydrogen-bond donors (Lipinski definition) is 14. The fourth-order valence-corrected chi connectivity index (χ4v) is 11.0. The smallest absolute Gasteiger partial charge is 0.305 e. The Morgan fingerprint density at radius 1 is 0.612 bits per heavy atom. The number of carboxylic acid groups (broad SMARTS) is 1. The third kappa shape index (κ3) is 31.8. The van der Waals surface area contributed by atoms with E-state index in [9.17, 15) is 62.6 Å². The number of aliphatic imine (C=N–C) groups is 1. The minimum atomic E-state index is -1.80. The highest BCUT2D eigenvalue weighted by molar-refractivity contribution is 8.76. The maximum Gasteiger partial charge on any atom is 0.305 e. The van der Waals surface area contributed by atoms with Gasteiger partial charge in [0.2, 0.25) is 59.1 Å². The molecule has 1 aromatic carbocycles. The molecule has 2 saturated heterocycles. The van der Waals surface area contributed by atoms with Gasteiger partial charge in [-0.2, -0.15) is 0 Å². The molecule has 34 heteroatoms. The first-order valence-corrected chi connectivity index (χ1v) is 31.0. The number of fused-ring (bicyclic) bond motifs is 5. The number of nitrogens with two attached hydrogens (primary N) is 4. The maximum absolute atomic E-state index is 14.5. The topological polar surface area (TPSA) is 487 Å². The molecule has 2 aliphatic heterocycles. The fraction of sp³-hybridized carbons (Fsp3) is 0.627. The van der Waals surface area contributed by atoms with E-state index >= 15 is 0 Å². The van der Waals surface area contributed by atoms with Gasteiger partial charge in [-0.05, 0) is 50.6 Å². The summed E-state index contributed by atoms with van der Waals surface area (Å²) in [4.78, 5) is 164. The second kappa shape index (κ2) is 42.1. The molecule has 0 aromatic heterocycles. The van der Waals surface area contributed by atoms with Crippen molar-refractivity contribution in [1.29, 1.82) is 0 Å². The monoisotopic (exact) mass is 1260 g/mol. The first-order valence-electron chi connectivity index (χ1n) is 27.4. The van der Waals surface area contributed by atoms with Crippen molar-refractivity contribution in [3.05, 3.63) is 35.9 Å². The van der Waals surface area contributed by atoms with Crippen molar-refractivity contribution in [2.75, 3.05) is 102 Å². The third-order valence-electron chi connectivity index (χ3n) is 12.1. The SMILES string of the molecule is NCCCC[C@@H]1NC(=O)CSC[C@@H](C(=O)NCCOCCOCCOCCCC(=O)COCC(N)=O)NC(=O)[C@H](Cc2ccccc2)NC(=O)[C@@H]2CSSC[C@H](NC1=O)C(=O)N[C@@H](CCCN=C(N)N)C(=O)NCC(=O)N[C@@H](CC(=O)O)C(=O)N2. The summed E-state index contributed by atoms with van der Waals surface area (Å²) in [7, 11) is 1.89. The minimum Gasteiger partial charge on any atom is -0.481 e. The van der Waals surface area contributed by atoms with Crippen molar-refractivity contribution in [3.8, 4) is 0 Å². The zero-order valence-electron chi connectivity index (χ0n) is 47.1. The zero-order valence-corrected chi connectivity index (χ0v) is 49.5. The molecule has 2 aliphatic rings. The van der Waals surface area contributed by atoms with Gasteiger partial charge in [0.15, 0.2) is 11.7 Å². The maximum atomic E-state index is 14.5. The number of carbonyl (C=O) groups is 12. The lowest BCUT2D eigenvalue weighted by molar-refractivity contribution is -0.141. The van der Waals surface area contributed by atoms with Crippen LogP contribution in [0.2, 0.25) is 0 Å². The number of Topliss-reactive ketones (excluding diaryl/α,β-unsaturated/α-hetero) is 1. The number of ether oxygens (including phenoxy) is 4. The normalized spacial score (nSPS) is 21.8. The Labute approximate surface area is 503 Å². The van der Waals surface area contributed by atoms with Gasteiger partial charge in [-0.15, -0.1) is 11.8 Å². The number of aliphatic carboxylic acids is 1. The molecule has 2 fully saturated rings. The molecule has 0 unspecified atom stereocenters. The van der Waals surface area contributed by atoms with Crippen LogP contribution >= 0.6 is 33.3 Å². The van der Waals surface area contributed by atoms with Crippen molar-refractivity contribution >= 4 is 110 Å². The molecule has 2 heterocycles. The highest BCUT2D eigenvalue weighted by Crippen LogP contribution is 2.24. The molecule has 0 spiro atoms. The molecule has 31 nitrogen and oxygen atoms in total. The Hall–Kier alpha value is -6.82. The van der Waals surface area contributed by atoms with E-state index in [1.54, 1.807) is 30.3 Å². The van der Waals surface area contributed by atoms with Gasteiger partial charge in [0.05, 0.1) is 51.8 Å². The van der Waals surface area contributed by atoms with Gasteiger partial charge < -0.3 is 94.8 Å². The molecule has 0 saturated carbocycles. The number of guanidine groups is 1. The van der Waals surface area contributed by atoms with E-state index in [1.807, 2.05) is 0 Å². The third-order valence-corrected chi connectivity index (χ3v) is 15.5. The first kappa shape index (κ1) is 72.4. The van der Waals surface area contributed by atoms with Crippen LogP contribution in [0.4, 0.5) is 0 Å². The van der Waals surface area contributed by atoms with Crippen molar-refractivity contribution in [2.45, 2.75) is 100 Å². The van der Waals surface area contributed by atoms with Crippen molar-refractivity contribution < 1.29 is 81.6 Å². The number of thioether (sulfide) groups is 1. The molecule has 85 heavy (non-hydrogen) atoms. The average molecular weight is 1260 g/mol. The molecule has 2 bridgehead atoms. The van der Waals surface area contributed by atoms with Crippen LogP contribution in [-0.4, -0.2) is 226 Å². The number of primary amides is 1. The summed E-state index contributed by atoms with van der Waals surface area (Å²) >= 11 is 0.932. The fourth-order valence-electron chi connectivity index (χ4n) is 7.78. The van der Waals surface area contributed by atoms with Gasteiger partial charge >= 0.3 is 5.97 Å². The number of amides is 10. The van der Waals surface area contributed by atoms with E-state index < -0.39 is 120 Å². The first-order chi connectivity index (χ1) is 40.8. The number of carbonyl (C=O) groups excluding carboxylic acids is 11. The van der Waals surface area contributed by atoms with Crippen molar-refractivity contribution in [3.63, 3.8) is 0 Å². The summed E-state index contributed by atoms with van der Waals surface area (Å²) in [5.41, 5.74) is 22.2. The van der Waals surface area contributed by atoms with Gasteiger partial charge in [-0.25, -0.2) is 0 Å². The zero-order chi connectivity index (χ0) is 62.4. The number of ketones is 1. The van der Waals surface area contributed by atoms with Gasteiger partial charge in [-0.1, -0.05) is 51.9 Å². The van der Waals surface area contributed by atoms with E-state index in [-0.39, 0.29) is 133 Å². The van der Waals surface area contributed by atoms with Crippen LogP contribution < -0.4 is 70.8 Å². The predicted molar refractivity (Wildman–Crippen MR) is 314 cm³/mol. The number of nitrogens with zero attached hydrogens (tertiary/aromatic N) is 1. The predicted octanol–water partition coefficient (Wildman–Crippen LogP) is -5.44. The molecule has 1 aromatic rings. The second-order valence-corrected chi connectivity index (χ2v) is 22.7. The van der Waals surface area contributed by atoms with Crippen LogP contribution in [0.25, 0.3) is 0 Å². The van der Waals surface area contributed by atoms with Crippen LogP contribution in [0.1, 0.15) is 56.9 Å². The number of nitrogens with one attached hydrogen (secondary N) is 9. The van der Waals surface area contributed by atoms with Crippen molar-refractivity contribution in [2.24, 2.45) is 27.9 Å². The summed E-state index contributed by atoms with van der Waals surface area (Å²) in [5.74, 6) is -11.6. The molecule has 7 atom stereocenters. The summed E-state index contributed by atoms with van der Waals surface area (Å²) in [6, 6.07) is -1.69. The average Bonchev–Trinajstić information content (AvgIpc) is 3.45. The highest BCUT2D eigenvalue weighted by Gasteiger charge is 2.35. The van der Waals surface area contributed by atoms with E-state index in [1.165, 1.54) is 0 Å². The number of hydrogen-bond acceptors (Lipinski definition) is 21. The summed E-state index contributed by atoms with van der Waals surface area (Å²) in [6.07, 6.45) is 0.496. The van der Waals surface area contributed by atoms with E-state index in [0.717, 1.165) is 33.3 Å². The van der Waals surface area contributed by atoms with E-state index in [2.05, 4.69) is 52.8 Å². The molecule has 10 amide bonds. The lowest BCUT2D eigenvalue weighted by Crippen LogP contribution is -2.60. The van der Waals surface area contributed by atoms with Gasteiger partial charge in [0.1, 0.15) is 55.5 Å². The number of benzene rings is 1. The lowest BCUT2D eigenvalue weighted by Gasteiger charge is -2.27. The highest BCUT2D eigenvalue weighted by atomic mass is 33.1. The Morgan fingerprint density at radius 3 is 1.84 bits per heavy atom. The quantitative estimate of drug-likeness (QED) is 0.0148. The van der Waals surface area contributed by atoms with Crippen LogP contribution in [-0.2, 0) is 82.9 Å². The molecule has 3 rings (SSSR count). The molecule has 0 radical (unpaired) electrons. The lowest BCUT2D eigenvalue weighted by atomic mass is 10.0. The molecule has 0 aliphatic carbocycles. The van der Waals surface area contributed by atoms with Crippen LogP contribution in [0.3, 0.4) is 0 Å². The van der Waals surface area contributed by atoms with Crippen LogP contribution in [0, 0.1) is 0 Å². The Bertz CT molecular complexity index is 2400. The minimum absolute atomic E-state index is 0.0124. The molecule has 474 valence electrons. The van der Waals surface area contributed by atoms with Gasteiger partial charge in [-0.3, -0.25) is 62.5 Å². The summed E-state index contributed by atoms with van der Waals surface area (Å²) in [5, 5.41) is 32.9. The van der Waals surface area contributed by atoms with Gasteiger partial charge in [0, 0.05) is 49.8 Å². The Kier molecular flexibility index (Phi) is 35.9. The molecular formula is C51H80N14O17S3.